The molecule has 0 bridgehead atoms. The van der Waals surface area contributed by atoms with Crippen molar-refractivity contribution in [3.63, 3.8) is 0 Å². The van der Waals surface area contributed by atoms with Gasteiger partial charge in [0.05, 0.1) is 4.90 Å². The first-order valence-electron chi connectivity index (χ1n) is 7.67. The second-order valence-corrected chi connectivity index (χ2v) is 7.85. The molecular formula is C16H25NO3S. The molecule has 1 saturated heterocycles. The molecular weight excluding hydrogens is 286 g/mol. The Morgan fingerprint density at radius 3 is 2.43 bits per heavy atom. The molecule has 1 aliphatic rings. The molecule has 1 N–H and O–H groups in total. The Kier molecular flexibility index (Phi) is 5.07. The Labute approximate surface area is 127 Å². The number of sulfonamides is 1. The predicted molar refractivity (Wildman–Crippen MR) is 83.6 cm³/mol. The summed E-state index contributed by atoms with van der Waals surface area (Å²) in [5.41, 5.74) is 0.934. The van der Waals surface area contributed by atoms with E-state index in [9.17, 15) is 13.5 Å². The Bertz CT molecular complexity index is 569. The second-order valence-electron chi connectivity index (χ2n) is 5.92. The molecule has 1 aromatic rings. The van der Waals surface area contributed by atoms with Crippen molar-refractivity contribution in [2.45, 2.75) is 44.4 Å². The summed E-state index contributed by atoms with van der Waals surface area (Å²) < 4.78 is 27.0. The molecule has 1 heterocycles. The minimum Gasteiger partial charge on any atom is -0.396 e. The first-order valence-corrected chi connectivity index (χ1v) is 9.11. The van der Waals surface area contributed by atoms with Gasteiger partial charge in [0.2, 0.25) is 10.0 Å². The fourth-order valence-electron chi connectivity index (χ4n) is 2.90. The van der Waals surface area contributed by atoms with E-state index in [1.807, 2.05) is 13.0 Å². The molecule has 1 aromatic carbocycles. The first kappa shape index (κ1) is 16.5. The summed E-state index contributed by atoms with van der Waals surface area (Å²) in [5.74, 6) is 0. The third-order valence-corrected chi connectivity index (χ3v) is 6.71. The highest BCUT2D eigenvalue weighted by Gasteiger charge is 2.36. The van der Waals surface area contributed by atoms with Gasteiger partial charge in [0.1, 0.15) is 0 Å². The number of benzene rings is 1. The van der Waals surface area contributed by atoms with E-state index in [2.05, 4.69) is 6.92 Å². The molecule has 0 atom stereocenters. The highest BCUT2D eigenvalue weighted by atomic mass is 32.2. The van der Waals surface area contributed by atoms with Gasteiger partial charge in [0.25, 0.3) is 0 Å². The van der Waals surface area contributed by atoms with Crippen LogP contribution < -0.4 is 0 Å². The maximum atomic E-state index is 12.7. The van der Waals surface area contributed by atoms with Crippen LogP contribution in [0.25, 0.3) is 0 Å². The van der Waals surface area contributed by atoms with Crippen LogP contribution in [-0.2, 0) is 16.4 Å². The van der Waals surface area contributed by atoms with Crippen LogP contribution >= 0.6 is 0 Å². The lowest BCUT2D eigenvalue weighted by atomic mass is 9.77. The molecule has 0 radical (unpaired) electrons. The van der Waals surface area contributed by atoms with E-state index in [4.69, 9.17) is 0 Å². The topological polar surface area (TPSA) is 57.6 Å². The zero-order chi connectivity index (χ0) is 15.5. The SMILES string of the molecule is CCc1cccc(S(=O)(=O)N2CCC(CC)(CO)CC2)c1. The highest BCUT2D eigenvalue weighted by molar-refractivity contribution is 7.89. The number of aliphatic hydroxyl groups excluding tert-OH is 1. The van der Waals surface area contributed by atoms with Gasteiger partial charge in [-0.15, -0.1) is 0 Å². The summed E-state index contributed by atoms with van der Waals surface area (Å²) in [7, 11) is -3.41. The maximum absolute atomic E-state index is 12.7. The molecule has 2 rings (SSSR count). The number of hydrogen-bond acceptors (Lipinski definition) is 3. The second kappa shape index (κ2) is 6.46. The molecule has 1 aliphatic heterocycles. The minimum atomic E-state index is -3.41. The molecule has 0 aromatic heterocycles. The van der Waals surface area contributed by atoms with E-state index in [1.54, 1.807) is 22.5 Å². The number of nitrogens with zero attached hydrogens (tertiary/aromatic N) is 1. The Hall–Kier alpha value is -0.910. The van der Waals surface area contributed by atoms with E-state index in [0.717, 1.165) is 31.2 Å². The summed E-state index contributed by atoms with van der Waals surface area (Å²) in [6, 6.07) is 7.19. The largest absolute Gasteiger partial charge is 0.396 e. The molecule has 0 amide bonds. The van der Waals surface area contributed by atoms with Crippen molar-refractivity contribution in [2.24, 2.45) is 5.41 Å². The van der Waals surface area contributed by atoms with Gasteiger partial charge in [0.15, 0.2) is 0 Å². The lowest BCUT2D eigenvalue weighted by Crippen LogP contribution is -2.44. The average molecular weight is 311 g/mol. The number of aryl methyl sites for hydroxylation is 1. The minimum absolute atomic E-state index is 0.0999. The molecule has 21 heavy (non-hydrogen) atoms. The third-order valence-electron chi connectivity index (χ3n) is 4.81. The molecule has 0 saturated carbocycles. The quantitative estimate of drug-likeness (QED) is 0.908. The summed E-state index contributed by atoms with van der Waals surface area (Å²) in [5, 5.41) is 9.55. The normalized spacial score (nSPS) is 19.6. The van der Waals surface area contributed by atoms with E-state index < -0.39 is 10.0 Å². The molecule has 1 fully saturated rings. The summed E-state index contributed by atoms with van der Waals surface area (Å²) in [6.07, 6.45) is 3.18. The number of piperidine rings is 1. The van der Waals surface area contributed by atoms with Crippen molar-refractivity contribution in [2.75, 3.05) is 19.7 Å². The Morgan fingerprint density at radius 2 is 1.90 bits per heavy atom. The van der Waals surface area contributed by atoms with Crippen LogP contribution in [0.1, 0.15) is 38.7 Å². The van der Waals surface area contributed by atoms with E-state index in [0.29, 0.717) is 18.0 Å². The molecule has 4 nitrogen and oxygen atoms in total. The van der Waals surface area contributed by atoms with Crippen LogP contribution in [-0.4, -0.2) is 37.5 Å². The molecule has 118 valence electrons. The summed E-state index contributed by atoms with van der Waals surface area (Å²) in [4.78, 5) is 0.384. The van der Waals surface area contributed by atoms with Gasteiger partial charge in [-0.3, -0.25) is 0 Å². The van der Waals surface area contributed by atoms with Crippen LogP contribution in [0.3, 0.4) is 0 Å². The zero-order valence-corrected chi connectivity index (χ0v) is 13.7. The highest BCUT2D eigenvalue weighted by Crippen LogP contribution is 2.36. The molecule has 0 aliphatic carbocycles. The lowest BCUT2D eigenvalue weighted by Gasteiger charge is -2.39. The van der Waals surface area contributed by atoms with E-state index in [1.165, 1.54) is 0 Å². The van der Waals surface area contributed by atoms with Crippen LogP contribution in [0.5, 0.6) is 0 Å². The molecule has 5 heteroatoms. The van der Waals surface area contributed by atoms with Crippen LogP contribution in [0.4, 0.5) is 0 Å². The average Bonchev–Trinajstić information content (AvgIpc) is 2.55. The van der Waals surface area contributed by atoms with Gasteiger partial charge >= 0.3 is 0 Å². The van der Waals surface area contributed by atoms with Crippen molar-refractivity contribution < 1.29 is 13.5 Å². The summed E-state index contributed by atoms with van der Waals surface area (Å²) in [6.45, 7) is 5.21. The van der Waals surface area contributed by atoms with Crippen LogP contribution in [0.15, 0.2) is 29.2 Å². The van der Waals surface area contributed by atoms with Crippen molar-refractivity contribution in [3.05, 3.63) is 29.8 Å². The smallest absolute Gasteiger partial charge is 0.243 e. The van der Waals surface area contributed by atoms with Crippen molar-refractivity contribution in [1.29, 1.82) is 0 Å². The van der Waals surface area contributed by atoms with Gasteiger partial charge in [-0.2, -0.15) is 4.31 Å². The predicted octanol–water partition coefficient (Wildman–Crippen LogP) is 2.42. The fourth-order valence-corrected chi connectivity index (χ4v) is 4.41. The summed E-state index contributed by atoms with van der Waals surface area (Å²) >= 11 is 0. The zero-order valence-electron chi connectivity index (χ0n) is 12.9. The van der Waals surface area contributed by atoms with Crippen LogP contribution in [0.2, 0.25) is 0 Å². The fraction of sp³-hybridized carbons (Fsp3) is 0.625. The lowest BCUT2D eigenvalue weighted by molar-refractivity contribution is 0.0647. The monoisotopic (exact) mass is 311 g/mol. The van der Waals surface area contributed by atoms with Gasteiger partial charge in [-0.25, -0.2) is 8.42 Å². The van der Waals surface area contributed by atoms with Crippen LogP contribution in [0, 0.1) is 5.41 Å². The number of rotatable bonds is 5. The number of hydrogen-bond donors (Lipinski definition) is 1. The van der Waals surface area contributed by atoms with Gasteiger partial charge in [-0.1, -0.05) is 26.0 Å². The maximum Gasteiger partial charge on any atom is 0.243 e. The first-order chi connectivity index (χ1) is 9.97. The van der Waals surface area contributed by atoms with Crippen molar-refractivity contribution in [1.82, 2.24) is 4.31 Å². The van der Waals surface area contributed by atoms with E-state index >= 15 is 0 Å². The van der Waals surface area contributed by atoms with Crippen molar-refractivity contribution >= 4 is 10.0 Å². The van der Waals surface area contributed by atoms with Crippen molar-refractivity contribution in [3.8, 4) is 0 Å². The van der Waals surface area contributed by atoms with E-state index in [-0.39, 0.29) is 12.0 Å². The third kappa shape index (κ3) is 3.30. The Balaban J connectivity index is 2.18. The molecule has 0 unspecified atom stereocenters. The van der Waals surface area contributed by atoms with Gasteiger partial charge < -0.3 is 5.11 Å². The molecule has 0 spiro atoms. The number of aliphatic hydroxyl groups is 1. The Morgan fingerprint density at radius 1 is 1.24 bits per heavy atom. The standard InChI is InChI=1S/C16H25NO3S/c1-3-14-6-5-7-15(12-14)21(19,20)17-10-8-16(4-2,13-18)9-11-17/h5-7,12,18H,3-4,8-11,13H2,1-2H3. The van der Waals surface area contributed by atoms with Gasteiger partial charge in [0, 0.05) is 19.7 Å². The van der Waals surface area contributed by atoms with Gasteiger partial charge in [-0.05, 0) is 48.8 Å².